The van der Waals surface area contributed by atoms with E-state index in [1.54, 1.807) is 12.1 Å². The van der Waals surface area contributed by atoms with Gasteiger partial charge in [-0.2, -0.15) is 0 Å². The lowest BCUT2D eigenvalue weighted by Crippen LogP contribution is -2.20. The van der Waals surface area contributed by atoms with Gasteiger partial charge in [0.05, 0.1) is 5.56 Å². The Morgan fingerprint density at radius 1 is 1.14 bits per heavy atom. The first kappa shape index (κ1) is 14.7. The largest absolute Gasteiger partial charge is 0.478 e. The van der Waals surface area contributed by atoms with Crippen LogP contribution in [0.3, 0.4) is 0 Å². The van der Waals surface area contributed by atoms with Crippen molar-refractivity contribution in [3.8, 4) is 0 Å². The summed E-state index contributed by atoms with van der Waals surface area (Å²) in [6, 6.07) is 11.4. The van der Waals surface area contributed by atoms with Gasteiger partial charge in [0.25, 0.3) is 0 Å². The monoisotopic (exact) mass is 296 g/mol. The SMILES string of the molecule is O=C(O)c1ccc(C[C@H]2CCN(Cc3ccncc3)C2)cc1. The maximum Gasteiger partial charge on any atom is 0.335 e. The average Bonchev–Trinajstić information content (AvgIpc) is 2.96. The molecule has 1 saturated heterocycles. The van der Waals surface area contributed by atoms with E-state index in [0.29, 0.717) is 11.5 Å². The zero-order valence-corrected chi connectivity index (χ0v) is 12.5. The maximum absolute atomic E-state index is 10.9. The minimum atomic E-state index is -0.865. The number of carboxylic acids is 1. The molecule has 1 atom stereocenters. The fourth-order valence-corrected chi connectivity index (χ4v) is 3.09. The second-order valence-electron chi connectivity index (χ2n) is 5.95. The van der Waals surface area contributed by atoms with Crippen LogP contribution in [0.4, 0.5) is 0 Å². The molecule has 0 unspecified atom stereocenters. The molecule has 4 nitrogen and oxygen atoms in total. The summed E-state index contributed by atoms with van der Waals surface area (Å²) in [5, 5.41) is 8.92. The van der Waals surface area contributed by atoms with Gasteiger partial charge in [0.1, 0.15) is 0 Å². The third kappa shape index (κ3) is 3.71. The van der Waals surface area contributed by atoms with Gasteiger partial charge in [0.15, 0.2) is 0 Å². The molecule has 0 saturated carbocycles. The van der Waals surface area contributed by atoms with E-state index in [1.165, 1.54) is 17.5 Å². The first-order chi connectivity index (χ1) is 10.7. The van der Waals surface area contributed by atoms with Gasteiger partial charge in [0, 0.05) is 25.5 Å². The molecule has 1 aromatic carbocycles. The average molecular weight is 296 g/mol. The summed E-state index contributed by atoms with van der Waals surface area (Å²) in [6.07, 6.45) is 5.90. The second-order valence-corrected chi connectivity index (χ2v) is 5.95. The van der Waals surface area contributed by atoms with Gasteiger partial charge in [-0.05, 0) is 60.7 Å². The fourth-order valence-electron chi connectivity index (χ4n) is 3.09. The van der Waals surface area contributed by atoms with Gasteiger partial charge in [-0.25, -0.2) is 4.79 Å². The molecule has 114 valence electrons. The number of hydrogen-bond acceptors (Lipinski definition) is 3. The predicted octanol–water partition coefficient (Wildman–Crippen LogP) is 2.84. The Hall–Kier alpha value is -2.20. The van der Waals surface area contributed by atoms with Crippen LogP contribution in [0.25, 0.3) is 0 Å². The number of aromatic nitrogens is 1. The van der Waals surface area contributed by atoms with Gasteiger partial charge >= 0.3 is 5.97 Å². The summed E-state index contributed by atoms with van der Waals surface area (Å²) in [7, 11) is 0. The molecule has 22 heavy (non-hydrogen) atoms. The van der Waals surface area contributed by atoms with Crippen molar-refractivity contribution in [3.05, 3.63) is 65.5 Å². The number of likely N-dealkylation sites (tertiary alicyclic amines) is 1. The molecule has 1 fully saturated rings. The van der Waals surface area contributed by atoms with E-state index >= 15 is 0 Å². The Bertz CT molecular complexity index is 625. The number of aromatic carboxylic acids is 1. The first-order valence-electron chi connectivity index (χ1n) is 7.64. The second kappa shape index (κ2) is 6.71. The third-order valence-electron chi connectivity index (χ3n) is 4.25. The summed E-state index contributed by atoms with van der Waals surface area (Å²) >= 11 is 0. The molecule has 2 aromatic rings. The number of benzene rings is 1. The highest BCUT2D eigenvalue weighted by Gasteiger charge is 2.22. The van der Waals surface area contributed by atoms with E-state index in [0.717, 1.165) is 26.1 Å². The topological polar surface area (TPSA) is 53.4 Å². The molecule has 1 aliphatic heterocycles. The quantitative estimate of drug-likeness (QED) is 0.922. The molecule has 1 aromatic heterocycles. The lowest BCUT2D eigenvalue weighted by molar-refractivity contribution is 0.0697. The van der Waals surface area contributed by atoms with Crippen molar-refractivity contribution in [1.29, 1.82) is 0 Å². The van der Waals surface area contributed by atoms with Crippen LogP contribution in [-0.4, -0.2) is 34.0 Å². The van der Waals surface area contributed by atoms with Crippen molar-refractivity contribution in [2.75, 3.05) is 13.1 Å². The number of hydrogen-bond donors (Lipinski definition) is 1. The molecular weight excluding hydrogens is 276 g/mol. The van der Waals surface area contributed by atoms with Crippen LogP contribution in [0.1, 0.15) is 27.9 Å². The van der Waals surface area contributed by atoms with E-state index in [9.17, 15) is 4.79 Å². The Morgan fingerprint density at radius 2 is 1.86 bits per heavy atom. The standard InChI is InChI=1S/C18H20N2O2/c21-18(22)17-3-1-14(2-4-17)11-16-7-10-20(13-16)12-15-5-8-19-9-6-15/h1-6,8-9,16H,7,10-13H2,(H,21,22)/t16-/m1/s1. The highest BCUT2D eigenvalue weighted by Crippen LogP contribution is 2.22. The Labute approximate surface area is 130 Å². The van der Waals surface area contributed by atoms with E-state index < -0.39 is 5.97 Å². The van der Waals surface area contributed by atoms with Crippen LogP contribution in [0.5, 0.6) is 0 Å². The highest BCUT2D eigenvalue weighted by atomic mass is 16.4. The summed E-state index contributed by atoms with van der Waals surface area (Å²) in [4.78, 5) is 17.4. The lowest BCUT2D eigenvalue weighted by atomic mass is 9.98. The van der Waals surface area contributed by atoms with Crippen LogP contribution in [0.2, 0.25) is 0 Å². The Kier molecular flexibility index (Phi) is 4.49. The number of carbonyl (C=O) groups is 1. The minimum Gasteiger partial charge on any atom is -0.478 e. The number of rotatable bonds is 5. The molecule has 0 amide bonds. The first-order valence-corrected chi connectivity index (χ1v) is 7.64. The zero-order valence-electron chi connectivity index (χ0n) is 12.5. The number of pyridine rings is 1. The van der Waals surface area contributed by atoms with Gasteiger partial charge in [-0.1, -0.05) is 12.1 Å². The molecule has 0 radical (unpaired) electrons. The zero-order chi connectivity index (χ0) is 15.4. The number of carboxylic acid groups (broad SMARTS) is 1. The molecular formula is C18H20N2O2. The van der Waals surface area contributed by atoms with Crippen LogP contribution >= 0.6 is 0 Å². The molecule has 1 aliphatic rings. The van der Waals surface area contributed by atoms with Gasteiger partial charge < -0.3 is 5.11 Å². The fraction of sp³-hybridized carbons (Fsp3) is 0.333. The Morgan fingerprint density at radius 3 is 2.55 bits per heavy atom. The van der Waals surface area contributed by atoms with E-state index in [-0.39, 0.29) is 0 Å². The van der Waals surface area contributed by atoms with Crippen molar-refractivity contribution in [2.24, 2.45) is 5.92 Å². The van der Waals surface area contributed by atoms with Crippen LogP contribution in [0, 0.1) is 5.92 Å². The lowest BCUT2D eigenvalue weighted by Gasteiger charge is -2.16. The molecule has 0 bridgehead atoms. The van der Waals surface area contributed by atoms with Gasteiger partial charge in [-0.15, -0.1) is 0 Å². The smallest absolute Gasteiger partial charge is 0.335 e. The summed E-state index contributed by atoms with van der Waals surface area (Å²) < 4.78 is 0. The minimum absolute atomic E-state index is 0.356. The maximum atomic E-state index is 10.9. The predicted molar refractivity (Wildman–Crippen MR) is 84.7 cm³/mol. The van der Waals surface area contributed by atoms with Crippen LogP contribution in [-0.2, 0) is 13.0 Å². The molecule has 1 N–H and O–H groups in total. The summed E-state index contributed by atoms with van der Waals surface area (Å²) in [6.45, 7) is 3.21. The van der Waals surface area contributed by atoms with Crippen molar-refractivity contribution in [3.63, 3.8) is 0 Å². The van der Waals surface area contributed by atoms with Gasteiger partial charge in [-0.3, -0.25) is 9.88 Å². The molecule has 2 heterocycles. The molecule has 0 aliphatic carbocycles. The van der Waals surface area contributed by atoms with E-state index in [1.807, 2.05) is 24.5 Å². The van der Waals surface area contributed by atoms with E-state index in [4.69, 9.17) is 5.11 Å². The third-order valence-corrected chi connectivity index (χ3v) is 4.25. The van der Waals surface area contributed by atoms with E-state index in [2.05, 4.69) is 22.0 Å². The van der Waals surface area contributed by atoms with Crippen molar-refractivity contribution in [2.45, 2.75) is 19.4 Å². The van der Waals surface area contributed by atoms with Crippen LogP contribution in [0.15, 0.2) is 48.8 Å². The Balaban J connectivity index is 1.53. The van der Waals surface area contributed by atoms with Crippen molar-refractivity contribution < 1.29 is 9.90 Å². The molecule has 4 heteroatoms. The highest BCUT2D eigenvalue weighted by molar-refractivity contribution is 5.87. The van der Waals surface area contributed by atoms with Crippen molar-refractivity contribution >= 4 is 5.97 Å². The number of nitrogens with zero attached hydrogens (tertiary/aromatic N) is 2. The molecule has 3 rings (SSSR count). The summed E-state index contributed by atoms with van der Waals surface area (Å²) in [5.41, 5.74) is 2.89. The van der Waals surface area contributed by atoms with Crippen LogP contribution < -0.4 is 0 Å². The summed E-state index contributed by atoms with van der Waals surface area (Å²) in [5.74, 6) is -0.214. The van der Waals surface area contributed by atoms with Gasteiger partial charge in [0.2, 0.25) is 0 Å². The normalized spacial score (nSPS) is 18.5. The van der Waals surface area contributed by atoms with Crippen molar-refractivity contribution in [1.82, 2.24) is 9.88 Å². The molecule has 0 spiro atoms.